The van der Waals surface area contributed by atoms with Crippen molar-refractivity contribution < 1.29 is 14.3 Å². The van der Waals surface area contributed by atoms with Crippen LogP contribution in [0.15, 0.2) is 18.2 Å². The molecule has 1 aliphatic rings. The molecule has 0 spiro atoms. The Kier molecular flexibility index (Phi) is 5.41. The molecule has 0 bridgehead atoms. The van der Waals surface area contributed by atoms with Crippen molar-refractivity contribution in [3.05, 3.63) is 29.3 Å². The average molecular weight is 304 g/mol. The van der Waals surface area contributed by atoms with Gasteiger partial charge in [-0.2, -0.15) is 0 Å². The number of carbonyl (C=O) groups excluding carboxylic acids is 2. The lowest BCUT2D eigenvalue weighted by atomic mass is 10.00. The number of ether oxygens (including phenoxy) is 1. The molecule has 1 fully saturated rings. The number of methoxy groups -OCH3 is 1. The Labute approximate surface area is 131 Å². The van der Waals surface area contributed by atoms with Crippen LogP contribution in [-0.4, -0.2) is 31.5 Å². The van der Waals surface area contributed by atoms with Crippen LogP contribution >= 0.6 is 0 Å². The first kappa shape index (κ1) is 16.3. The molecule has 1 atom stereocenters. The van der Waals surface area contributed by atoms with Gasteiger partial charge in [-0.3, -0.25) is 9.59 Å². The summed E-state index contributed by atoms with van der Waals surface area (Å²) in [4.78, 5) is 23.0. The fourth-order valence-corrected chi connectivity index (χ4v) is 2.58. The molecule has 1 heterocycles. The predicted octanol–water partition coefficient (Wildman–Crippen LogP) is 1.76. The van der Waals surface area contributed by atoms with Crippen LogP contribution in [0.5, 0.6) is 5.75 Å². The van der Waals surface area contributed by atoms with Gasteiger partial charge in [0.2, 0.25) is 11.8 Å². The van der Waals surface area contributed by atoms with E-state index in [0.717, 1.165) is 11.3 Å². The number of amides is 2. The van der Waals surface area contributed by atoms with Gasteiger partial charge >= 0.3 is 0 Å². The van der Waals surface area contributed by atoms with Crippen molar-refractivity contribution in [2.45, 2.75) is 45.1 Å². The van der Waals surface area contributed by atoms with Gasteiger partial charge in [0.15, 0.2) is 0 Å². The highest BCUT2D eigenvalue weighted by Gasteiger charge is 2.26. The normalized spacial score (nSPS) is 17.5. The Morgan fingerprint density at radius 1 is 1.45 bits per heavy atom. The molecule has 0 radical (unpaired) electrons. The summed E-state index contributed by atoms with van der Waals surface area (Å²) in [7, 11) is 1.66. The van der Waals surface area contributed by atoms with Gasteiger partial charge < -0.3 is 15.4 Å². The Morgan fingerprint density at radius 2 is 2.23 bits per heavy atom. The minimum absolute atomic E-state index is 0.0499. The zero-order valence-corrected chi connectivity index (χ0v) is 13.4. The molecule has 5 heteroatoms. The SMILES string of the molecule is COc1cc(C(C)C)ccc1CCNC(=O)C1CCC(=O)N1. The van der Waals surface area contributed by atoms with E-state index < -0.39 is 0 Å². The van der Waals surface area contributed by atoms with Gasteiger partial charge in [0.05, 0.1) is 7.11 Å². The minimum Gasteiger partial charge on any atom is -0.496 e. The lowest BCUT2D eigenvalue weighted by Crippen LogP contribution is -2.42. The zero-order valence-electron chi connectivity index (χ0n) is 13.4. The molecule has 1 aromatic carbocycles. The standard InChI is InChI=1S/C17H24N2O3/c1-11(2)13-5-4-12(15(10-13)22-3)8-9-18-17(21)14-6-7-16(20)19-14/h4-5,10-11,14H,6-9H2,1-3H3,(H,18,21)(H,19,20). The molecule has 120 valence electrons. The van der Waals surface area contributed by atoms with Crippen molar-refractivity contribution in [1.82, 2.24) is 10.6 Å². The van der Waals surface area contributed by atoms with E-state index in [9.17, 15) is 9.59 Å². The molecule has 2 N–H and O–H groups in total. The van der Waals surface area contributed by atoms with E-state index in [4.69, 9.17) is 4.74 Å². The number of rotatable bonds is 6. The molecule has 22 heavy (non-hydrogen) atoms. The molecular formula is C17H24N2O3. The van der Waals surface area contributed by atoms with Crippen molar-refractivity contribution in [1.29, 1.82) is 0 Å². The van der Waals surface area contributed by atoms with Crippen LogP contribution in [0, 0.1) is 0 Å². The third kappa shape index (κ3) is 4.00. The van der Waals surface area contributed by atoms with E-state index in [1.165, 1.54) is 5.56 Å². The second kappa shape index (κ2) is 7.29. The smallest absolute Gasteiger partial charge is 0.242 e. The summed E-state index contributed by atoms with van der Waals surface area (Å²) in [6, 6.07) is 5.83. The molecule has 1 saturated heterocycles. The van der Waals surface area contributed by atoms with Gasteiger partial charge in [-0.1, -0.05) is 26.0 Å². The zero-order chi connectivity index (χ0) is 16.1. The van der Waals surface area contributed by atoms with E-state index in [1.54, 1.807) is 7.11 Å². The second-order valence-electron chi connectivity index (χ2n) is 5.93. The van der Waals surface area contributed by atoms with E-state index in [0.29, 0.717) is 31.7 Å². The van der Waals surface area contributed by atoms with Crippen LogP contribution in [0.25, 0.3) is 0 Å². The van der Waals surface area contributed by atoms with Crippen molar-refractivity contribution in [3.63, 3.8) is 0 Å². The van der Waals surface area contributed by atoms with Crippen molar-refractivity contribution in [3.8, 4) is 5.75 Å². The van der Waals surface area contributed by atoms with Crippen LogP contribution in [0.2, 0.25) is 0 Å². The molecule has 2 rings (SSSR count). The highest BCUT2D eigenvalue weighted by Crippen LogP contribution is 2.24. The highest BCUT2D eigenvalue weighted by molar-refractivity contribution is 5.90. The maximum atomic E-state index is 11.9. The molecule has 2 amide bonds. The van der Waals surface area contributed by atoms with E-state index >= 15 is 0 Å². The molecule has 0 aliphatic carbocycles. The monoisotopic (exact) mass is 304 g/mol. The molecular weight excluding hydrogens is 280 g/mol. The van der Waals surface area contributed by atoms with Crippen LogP contribution in [-0.2, 0) is 16.0 Å². The van der Waals surface area contributed by atoms with E-state index in [1.807, 2.05) is 0 Å². The molecule has 1 unspecified atom stereocenters. The maximum absolute atomic E-state index is 11.9. The minimum atomic E-state index is -0.377. The lowest BCUT2D eigenvalue weighted by molar-refractivity contribution is -0.125. The van der Waals surface area contributed by atoms with Crippen molar-refractivity contribution in [2.75, 3.05) is 13.7 Å². The number of hydrogen-bond acceptors (Lipinski definition) is 3. The summed E-state index contributed by atoms with van der Waals surface area (Å²) in [5, 5.41) is 5.54. The van der Waals surface area contributed by atoms with Crippen molar-refractivity contribution in [2.24, 2.45) is 0 Å². The Bertz CT molecular complexity index is 555. The lowest BCUT2D eigenvalue weighted by Gasteiger charge is -2.14. The first-order valence-corrected chi connectivity index (χ1v) is 7.75. The quantitative estimate of drug-likeness (QED) is 0.841. The van der Waals surface area contributed by atoms with Crippen LogP contribution in [0.1, 0.15) is 43.7 Å². The third-order valence-corrected chi connectivity index (χ3v) is 3.98. The number of hydrogen-bond donors (Lipinski definition) is 2. The maximum Gasteiger partial charge on any atom is 0.242 e. The molecule has 0 saturated carbocycles. The van der Waals surface area contributed by atoms with E-state index in [2.05, 4.69) is 42.7 Å². The summed E-state index contributed by atoms with van der Waals surface area (Å²) < 4.78 is 5.44. The third-order valence-electron chi connectivity index (χ3n) is 3.98. The Hall–Kier alpha value is -2.04. The van der Waals surface area contributed by atoms with Gasteiger partial charge in [-0.15, -0.1) is 0 Å². The van der Waals surface area contributed by atoms with Crippen LogP contribution < -0.4 is 15.4 Å². The molecule has 1 aromatic rings. The fraction of sp³-hybridized carbons (Fsp3) is 0.529. The van der Waals surface area contributed by atoms with Gasteiger partial charge in [0.1, 0.15) is 11.8 Å². The molecule has 1 aliphatic heterocycles. The van der Waals surface area contributed by atoms with Crippen LogP contribution in [0.4, 0.5) is 0 Å². The largest absolute Gasteiger partial charge is 0.496 e. The van der Waals surface area contributed by atoms with Gasteiger partial charge in [0.25, 0.3) is 0 Å². The first-order valence-electron chi connectivity index (χ1n) is 7.75. The molecule has 5 nitrogen and oxygen atoms in total. The topological polar surface area (TPSA) is 67.4 Å². The number of carbonyl (C=O) groups is 2. The van der Waals surface area contributed by atoms with Gasteiger partial charge in [-0.05, 0) is 36.0 Å². The molecule has 0 aromatic heterocycles. The number of nitrogens with one attached hydrogen (secondary N) is 2. The second-order valence-corrected chi connectivity index (χ2v) is 5.93. The average Bonchev–Trinajstić information content (AvgIpc) is 2.93. The summed E-state index contributed by atoms with van der Waals surface area (Å²) >= 11 is 0. The predicted molar refractivity (Wildman–Crippen MR) is 85.0 cm³/mol. The van der Waals surface area contributed by atoms with Gasteiger partial charge in [-0.25, -0.2) is 0 Å². The number of benzene rings is 1. The Balaban J connectivity index is 1.88. The summed E-state index contributed by atoms with van der Waals surface area (Å²) in [6.45, 7) is 4.82. The Morgan fingerprint density at radius 3 is 2.82 bits per heavy atom. The summed E-state index contributed by atoms with van der Waals surface area (Å²) in [5.41, 5.74) is 2.31. The van der Waals surface area contributed by atoms with E-state index in [-0.39, 0.29) is 17.9 Å². The highest BCUT2D eigenvalue weighted by atomic mass is 16.5. The van der Waals surface area contributed by atoms with Gasteiger partial charge in [0, 0.05) is 13.0 Å². The van der Waals surface area contributed by atoms with Crippen molar-refractivity contribution >= 4 is 11.8 Å². The first-order chi connectivity index (χ1) is 10.5. The summed E-state index contributed by atoms with van der Waals surface area (Å²) in [6.07, 6.45) is 1.72. The van der Waals surface area contributed by atoms with Crippen LogP contribution in [0.3, 0.4) is 0 Å². The summed E-state index contributed by atoms with van der Waals surface area (Å²) in [5.74, 6) is 1.15. The fourth-order valence-electron chi connectivity index (χ4n) is 2.58.